The first-order valence-electron chi connectivity index (χ1n) is 4.89. The molecule has 0 saturated carbocycles. The van der Waals surface area contributed by atoms with Crippen LogP contribution in [0.4, 0.5) is 0 Å². The molecule has 0 bridgehead atoms. The highest BCUT2D eigenvalue weighted by Gasteiger charge is 2.10. The van der Waals surface area contributed by atoms with E-state index in [0.29, 0.717) is 12.2 Å². The zero-order valence-corrected chi connectivity index (χ0v) is 9.30. The Balaban J connectivity index is 2.30. The second kappa shape index (κ2) is 5.55. The SMILES string of the molecule is COC(C)CCC(=O)Cc1nnn(C)n1. The summed E-state index contributed by atoms with van der Waals surface area (Å²) in [6.45, 7) is 1.94. The largest absolute Gasteiger partial charge is 0.382 e. The summed E-state index contributed by atoms with van der Waals surface area (Å²) >= 11 is 0. The minimum absolute atomic E-state index is 0.115. The lowest BCUT2D eigenvalue weighted by Gasteiger charge is -2.06. The number of tetrazole rings is 1. The van der Waals surface area contributed by atoms with E-state index in [-0.39, 0.29) is 18.3 Å². The van der Waals surface area contributed by atoms with Crippen molar-refractivity contribution in [2.24, 2.45) is 7.05 Å². The topological polar surface area (TPSA) is 69.9 Å². The average Bonchev–Trinajstić information content (AvgIpc) is 2.60. The molecule has 6 heteroatoms. The van der Waals surface area contributed by atoms with Crippen LogP contribution in [-0.2, 0) is 23.0 Å². The number of carbonyl (C=O) groups is 1. The van der Waals surface area contributed by atoms with Crippen LogP contribution in [0.25, 0.3) is 0 Å². The van der Waals surface area contributed by atoms with Crippen LogP contribution in [0, 0.1) is 0 Å². The zero-order chi connectivity index (χ0) is 11.3. The molecule has 0 aromatic carbocycles. The Morgan fingerprint density at radius 1 is 1.60 bits per heavy atom. The molecular formula is C9H16N4O2. The van der Waals surface area contributed by atoms with Crippen molar-refractivity contribution in [2.75, 3.05) is 7.11 Å². The maximum absolute atomic E-state index is 11.5. The Hall–Kier alpha value is -1.30. The number of aromatic nitrogens is 4. The number of aryl methyl sites for hydroxylation is 1. The predicted octanol–water partition coefficient (Wildman–Crippen LogP) is 0.137. The van der Waals surface area contributed by atoms with E-state index in [1.807, 2.05) is 6.92 Å². The van der Waals surface area contributed by atoms with Crippen molar-refractivity contribution >= 4 is 5.78 Å². The van der Waals surface area contributed by atoms with Crippen LogP contribution in [0.5, 0.6) is 0 Å². The van der Waals surface area contributed by atoms with Gasteiger partial charge in [-0.05, 0) is 18.6 Å². The predicted molar refractivity (Wildman–Crippen MR) is 53.2 cm³/mol. The van der Waals surface area contributed by atoms with Crippen LogP contribution >= 0.6 is 0 Å². The lowest BCUT2D eigenvalue weighted by atomic mass is 10.1. The second-order valence-electron chi connectivity index (χ2n) is 3.50. The van der Waals surface area contributed by atoms with Crippen LogP contribution in [0.15, 0.2) is 0 Å². The molecule has 1 unspecified atom stereocenters. The molecule has 0 aliphatic carbocycles. The fraction of sp³-hybridized carbons (Fsp3) is 0.778. The molecule has 0 spiro atoms. The summed E-state index contributed by atoms with van der Waals surface area (Å²) in [6, 6.07) is 0. The Labute approximate surface area is 88.6 Å². The molecule has 0 N–H and O–H groups in total. The number of nitrogens with zero attached hydrogens (tertiary/aromatic N) is 4. The van der Waals surface area contributed by atoms with Crippen molar-refractivity contribution < 1.29 is 9.53 Å². The number of hydrogen-bond donors (Lipinski definition) is 0. The Bertz CT molecular complexity index is 324. The number of Topliss-reactive ketones (excluding diaryl/α,β-unsaturated/α-hetero) is 1. The maximum atomic E-state index is 11.5. The molecule has 1 aromatic heterocycles. The van der Waals surface area contributed by atoms with Gasteiger partial charge in [-0.2, -0.15) is 4.80 Å². The van der Waals surface area contributed by atoms with E-state index in [0.717, 1.165) is 6.42 Å². The quantitative estimate of drug-likeness (QED) is 0.670. The molecule has 0 aliphatic rings. The van der Waals surface area contributed by atoms with Gasteiger partial charge in [-0.25, -0.2) is 0 Å². The summed E-state index contributed by atoms with van der Waals surface area (Å²) in [5, 5.41) is 11.4. The number of ketones is 1. The molecule has 1 heterocycles. The van der Waals surface area contributed by atoms with Gasteiger partial charge in [0, 0.05) is 13.5 Å². The molecule has 0 fully saturated rings. The van der Waals surface area contributed by atoms with Crippen LogP contribution in [0.3, 0.4) is 0 Å². The fourth-order valence-electron chi connectivity index (χ4n) is 1.14. The minimum atomic E-state index is 0.115. The van der Waals surface area contributed by atoms with Crippen molar-refractivity contribution in [3.8, 4) is 0 Å². The van der Waals surface area contributed by atoms with Crippen LogP contribution in [-0.4, -0.2) is 39.2 Å². The Kier molecular flexibility index (Phi) is 4.36. The van der Waals surface area contributed by atoms with Gasteiger partial charge in [-0.15, -0.1) is 10.2 Å². The number of carbonyl (C=O) groups excluding carboxylic acids is 1. The standard InChI is InChI=1S/C9H16N4O2/c1-7(15-3)4-5-8(14)6-9-10-12-13(2)11-9/h7H,4-6H2,1-3H3. The van der Waals surface area contributed by atoms with Crippen molar-refractivity contribution in [1.82, 2.24) is 20.2 Å². The summed E-state index contributed by atoms with van der Waals surface area (Å²) < 4.78 is 5.05. The monoisotopic (exact) mass is 212 g/mol. The highest BCUT2D eigenvalue weighted by atomic mass is 16.5. The summed E-state index contributed by atoms with van der Waals surface area (Å²) in [6.07, 6.45) is 1.59. The molecule has 0 aliphatic heterocycles. The van der Waals surface area contributed by atoms with Crippen LogP contribution in [0.1, 0.15) is 25.6 Å². The minimum Gasteiger partial charge on any atom is -0.382 e. The van der Waals surface area contributed by atoms with Gasteiger partial charge in [0.1, 0.15) is 5.78 Å². The summed E-state index contributed by atoms with van der Waals surface area (Å²) in [4.78, 5) is 12.8. The number of methoxy groups -OCH3 is 1. The molecule has 0 radical (unpaired) electrons. The normalized spacial score (nSPS) is 12.7. The van der Waals surface area contributed by atoms with Crippen molar-refractivity contribution in [1.29, 1.82) is 0 Å². The van der Waals surface area contributed by atoms with E-state index >= 15 is 0 Å². The van der Waals surface area contributed by atoms with E-state index in [2.05, 4.69) is 15.4 Å². The molecule has 1 rings (SSSR count). The number of hydrogen-bond acceptors (Lipinski definition) is 5. The molecule has 84 valence electrons. The van der Waals surface area contributed by atoms with E-state index in [1.54, 1.807) is 14.2 Å². The highest BCUT2D eigenvalue weighted by molar-refractivity contribution is 5.79. The Morgan fingerprint density at radius 3 is 2.87 bits per heavy atom. The van der Waals surface area contributed by atoms with Crippen molar-refractivity contribution in [2.45, 2.75) is 32.3 Å². The highest BCUT2D eigenvalue weighted by Crippen LogP contribution is 2.02. The van der Waals surface area contributed by atoms with Gasteiger partial charge in [0.05, 0.1) is 19.6 Å². The van der Waals surface area contributed by atoms with E-state index < -0.39 is 0 Å². The maximum Gasteiger partial charge on any atom is 0.182 e. The smallest absolute Gasteiger partial charge is 0.182 e. The summed E-state index contributed by atoms with van der Waals surface area (Å²) in [5.74, 6) is 0.597. The average molecular weight is 212 g/mol. The second-order valence-corrected chi connectivity index (χ2v) is 3.50. The first-order valence-corrected chi connectivity index (χ1v) is 4.89. The summed E-state index contributed by atoms with van der Waals surface area (Å²) in [7, 11) is 3.31. The van der Waals surface area contributed by atoms with Gasteiger partial charge in [0.15, 0.2) is 5.82 Å². The third-order valence-electron chi connectivity index (χ3n) is 2.14. The zero-order valence-electron chi connectivity index (χ0n) is 9.30. The van der Waals surface area contributed by atoms with Gasteiger partial charge in [-0.3, -0.25) is 4.79 Å². The first kappa shape index (κ1) is 11.8. The Morgan fingerprint density at radius 2 is 2.33 bits per heavy atom. The molecule has 1 atom stereocenters. The van der Waals surface area contributed by atoms with Crippen LogP contribution in [0.2, 0.25) is 0 Å². The van der Waals surface area contributed by atoms with E-state index in [1.165, 1.54) is 4.80 Å². The molecule has 0 amide bonds. The number of rotatable bonds is 6. The third kappa shape index (κ3) is 4.16. The van der Waals surface area contributed by atoms with Crippen molar-refractivity contribution in [3.63, 3.8) is 0 Å². The molecule has 1 aromatic rings. The third-order valence-corrected chi connectivity index (χ3v) is 2.14. The van der Waals surface area contributed by atoms with Crippen molar-refractivity contribution in [3.05, 3.63) is 5.82 Å². The van der Waals surface area contributed by atoms with Gasteiger partial charge in [0.2, 0.25) is 0 Å². The first-order chi connectivity index (χ1) is 7.11. The fourth-order valence-corrected chi connectivity index (χ4v) is 1.14. The lowest BCUT2D eigenvalue weighted by Crippen LogP contribution is -2.10. The van der Waals surface area contributed by atoms with Crippen LogP contribution < -0.4 is 0 Å². The van der Waals surface area contributed by atoms with Gasteiger partial charge in [-0.1, -0.05) is 0 Å². The van der Waals surface area contributed by atoms with Gasteiger partial charge in [0.25, 0.3) is 0 Å². The molecule has 6 nitrogen and oxygen atoms in total. The van der Waals surface area contributed by atoms with E-state index in [9.17, 15) is 4.79 Å². The lowest BCUT2D eigenvalue weighted by molar-refractivity contribution is -0.119. The molecular weight excluding hydrogens is 196 g/mol. The molecule has 0 saturated heterocycles. The number of ether oxygens (including phenoxy) is 1. The van der Waals surface area contributed by atoms with E-state index in [4.69, 9.17) is 4.74 Å². The summed E-state index contributed by atoms with van der Waals surface area (Å²) in [5.41, 5.74) is 0. The van der Waals surface area contributed by atoms with Gasteiger partial charge >= 0.3 is 0 Å². The van der Waals surface area contributed by atoms with Gasteiger partial charge < -0.3 is 4.74 Å². The molecule has 15 heavy (non-hydrogen) atoms.